The van der Waals surface area contributed by atoms with E-state index in [1.807, 2.05) is 0 Å². The predicted octanol–water partition coefficient (Wildman–Crippen LogP) is 3.93. The Morgan fingerprint density at radius 2 is 1.83 bits per heavy atom. The lowest BCUT2D eigenvalue weighted by molar-refractivity contribution is 0.303. The van der Waals surface area contributed by atoms with Gasteiger partial charge in [0.2, 0.25) is 0 Å². The van der Waals surface area contributed by atoms with Crippen LogP contribution in [0.4, 0.5) is 0 Å². The standard InChI is InChI=1S/C16H27NO/c1-3-4-8-15-9-11-16(12-10-15)18-13-6-5-7-14(2)17/h9-12,14H,3-8,13,17H2,1-2H3. The first-order valence-corrected chi connectivity index (χ1v) is 7.19. The van der Waals surface area contributed by atoms with Gasteiger partial charge in [-0.3, -0.25) is 0 Å². The maximum atomic E-state index is 5.71. The zero-order valence-electron chi connectivity index (χ0n) is 11.8. The van der Waals surface area contributed by atoms with Gasteiger partial charge in [-0.25, -0.2) is 0 Å². The first-order valence-electron chi connectivity index (χ1n) is 7.19. The van der Waals surface area contributed by atoms with Crippen LogP contribution in [0.25, 0.3) is 0 Å². The summed E-state index contributed by atoms with van der Waals surface area (Å²) in [6.07, 6.45) is 6.99. The van der Waals surface area contributed by atoms with E-state index >= 15 is 0 Å². The molecule has 0 saturated carbocycles. The van der Waals surface area contributed by atoms with Crippen molar-refractivity contribution in [3.05, 3.63) is 29.8 Å². The molecule has 1 rings (SSSR count). The smallest absolute Gasteiger partial charge is 0.119 e. The van der Waals surface area contributed by atoms with E-state index in [0.29, 0.717) is 6.04 Å². The molecule has 0 aliphatic rings. The minimum absolute atomic E-state index is 0.308. The van der Waals surface area contributed by atoms with Gasteiger partial charge < -0.3 is 10.5 Å². The molecule has 2 heteroatoms. The molecule has 1 aromatic carbocycles. The monoisotopic (exact) mass is 249 g/mol. The van der Waals surface area contributed by atoms with Crippen molar-refractivity contribution < 1.29 is 4.74 Å². The SMILES string of the molecule is CCCCc1ccc(OCCCCC(C)N)cc1. The highest BCUT2D eigenvalue weighted by molar-refractivity contribution is 5.27. The van der Waals surface area contributed by atoms with Gasteiger partial charge in [-0.05, 0) is 56.7 Å². The fourth-order valence-corrected chi connectivity index (χ4v) is 1.89. The molecule has 0 radical (unpaired) electrons. The molecule has 0 bridgehead atoms. The first kappa shape index (κ1) is 15.0. The van der Waals surface area contributed by atoms with Crippen LogP contribution in [-0.2, 0) is 6.42 Å². The predicted molar refractivity (Wildman–Crippen MR) is 78.0 cm³/mol. The lowest BCUT2D eigenvalue weighted by Gasteiger charge is -2.08. The van der Waals surface area contributed by atoms with E-state index in [-0.39, 0.29) is 0 Å². The van der Waals surface area contributed by atoms with Crippen molar-refractivity contribution in [3.8, 4) is 5.75 Å². The molecule has 0 fully saturated rings. The third-order valence-corrected chi connectivity index (χ3v) is 3.06. The molecule has 18 heavy (non-hydrogen) atoms. The maximum Gasteiger partial charge on any atom is 0.119 e. The highest BCUT2D eigenvalue weighted by Gasteiger charge is 1.97. The zero-order chi connectivity index (χ0) is 13.2. The molecule has 0 saturated heterocycles. The molecule has 0 heterocycles. The van der Waals surface area contributed by atoms with Crippen LogP contribution in [0.5, 0.6) is 5.75 Å². The summed E-state index contributed by atoms with van der Waals surface area (Å²) in [5.74, 6) is 0.982. The Bertz CT molecular complexity index is 305. The number of benzene rings is 1. The molecular formula is C16H27NO. The van der Waals surface area contributed by atoms with Crippen LogP contribution in [0.3, 0.4) is 0 Å². The Balaban J connectivity index is 2.18. The fraction of sp³-hybridized carbons (Fsp3) is 0.625. The van der Waals surface area contributed by atoms with Gasteiger partial charge in [0.1, 0.15) is 5.75 Å². The summed E-state index contributed by atoms with van der Waals surface area (Å²) >= 11 is 0. The fourth-order valence-electron chi connectivity index (χ4n) is 1.89. The van der Waals surface area contributed by atoms with Crippen LogP contribution >= 0.6 is 0 Å². The van der Waals surface area contributed by atoms with Crippen molar-refractivity contribution in [2.45, 2.75) is 58.4 Å². The number of nitrogens with two attached hydrogens (primary N) is 1. The number of hydrogen-bond donors (Lipinski definition) is 1. The molecule has 1 aromatic rings. The van der Waals surface area contributed by atoms with Crippen molar-refractivity contribution in [2.24, 2.45) is 5.73 Å². The van der Waals surface area contributed by atoms with Gasteiger partial charge in [-0.15, -0.1) is 0 Å². The van der Waals surface area contributed by atoms with Crippen molar-refractivity contribution in [3.63, 3.8) is 0 Å². The van der Waals surface area contributed by atoms with E-state index in [1.54, 1.807) is 0 Å². The van der Waals surface area contributed by atoms with Gasteiger partial charge >= 0.3 is 0 Å². The molecule has 102 valence electrons. The summed E-state index contributed by atoms with van der Waals surface area (Å²) in [5, 5.41) is 0. The molecule has 0 aromatic heterocycles. The molecule has 2 nitrogen and oxygen atoms in total. The van der Waals surface area contributed by atoms with Crippen molar-refractivity contribution in [1.29, 1.82) is 0 Å². The van der Waals surface area contributed by atoms with Gasteiger partial charge in [-0.2, -0.15) is 0 Å². The van der Waals surface area contributed by atoms with Gasteiger partial charge in [0.05, 0.1) is 6.61 Å². The summed E-state index contributed by atoms with van der Waals surface area (Å²) in [5.41, 5.74) is 7.11. The third-order valence-electron chi connectivity index (χ3n) is 3.06. The summed E-state index contributed by atoms with van der Waals surface area (Å²) in [6.45, 7) is 5.07. The Morgan fingerprint density at radius 1 is 1.11 bits per heavy atom. The van der Waals surface area contributed by atoms with Gasteiger partial charge in [0.25, 0.3) is 0 Å². The van der Waals surface area contributed by atoms with Crippen molar-refractivity contribution in [1.82, 2.24) is 0 Å². The average molecular weight is 249 g/mol. The van der Waals surface area contributed by atoms with Gasteiger partial charge in [0, 0.05) is 6.04 Å². The van der Waals surface area contributed by atoms with Crippen LogP contribution in [0.1, 0.15) is 51.5 Å². The highest BCUT2D eigenvalue weighted by atomic mass is 16.5. The second-order valence-electron chi connectivity index (χ2n) is 5.07. The van der Waals surface area contributed by atoms with Gasteiger partial charge in [-0.1, -0.05) is 25.5 Å². The van der Waals surface area contributed by atoms with E-state index in [9.17, 15) is 0 Å². The van der Waals surface area contributed by atoms with Crippen LogP contribution in [0, 0.1) is 0 Å². The van der Waals surface area contributed by atoms with Crippen molar-refractivity contribution in [2.75, 3.05) is 6.61 Å². The van der Waals surface area contributed by atoms with E-state index < -0.39 is 0 Å². The summed E-state index contributed by atoms with van der Waals surface area (Å²) < 4.78 is 5.71. The lowest BCUT2D eigenvalue weighted by atomic mass is 10.1. The minimum Gasteiger partial charge on any atom is -0.494 e. The van der Waals surface area contributed by atoms with Gasteiger partial charge in [0.15, 0.2) is 0 Å². The maximum absolute atomic E-state index is 5.71. The second-order valence-corrected chi connectivity index (χ2v) is 5.07. The Kier molecular flexibility index (Phi) is 7.51. The molecule has 2 N–H and O–H groups in total. The molecule has 1 atom stereocenters. The third kappa shape index (κ3) is 6.65. The van der Waals surface area contributed by atoms with E-state index in [4.69, 9.17) is 10.5 Å². The largest absolute Gasteiger partial charge is 0.494 e. The second kappa shape index (κ2) is 8.98. The number of unbranched alkanes of at least 4 members (excludes halogenated alkanes) is 2. The summed E-state index contributed by atoms with van der Waals surface area (Å²) in [4.78, 5) is 0. The molecule has 1 unspecified atom stereocenters. The minimum atomic E-state index is 0.308. The van der Waals surface area contributed by atoms with E-state index in [1.165, 1.54) is 24.8 Å². The number of rotatable bonds is 9. The normalized spacial score (nSPS) is 12.4. The van der Waals surface area contributed by atoms with E-state index in [0.717, 1.165) is 31.6 Å². The molecule has 0 spiro atoms. The summed E-state index contributed by atoms with van der Waals surface area (Å²) in [6, 6.07) is 8.82. The molecule has 0 amide bonds. The topological polar surface area (TPSA) is 35.2 Å². The molecular weight excluding hydrogens is 222 g/mol. The Morgan fingerprint density at radius 3 is 2.44 bits per heavy atom. The summed E-state index contributed by atoms with van der Waals surface area (Å²) in [7, 11) is 0. The first-order chi connectivity index (χ1) is 8.72. The Labute approximate surface area is 112 Å². The van der Waals surface area contributed by atoms with Crippen LogP contribution in [-0.4, -0.2) is 12.6 Å². The van der Waals surface area contributed by atoms with Crippen LogP contribution in [0.2, 0.25) is 0 Å². The number of ether oxygens (including phenoxy) is 1. The zero-order valence-corrected chi connectivity index (χ0v) is 11.8. The number of aryl methyl sites for hydroxylation is 1. The highest BCUT2D eigenvalue weighted by Crippen LogP contribution is 2.14. The van der Waals surface area contributed by atoms with Crippen molar-refractivity contribution >= 4 is 0 Å². The average Bonchev–Trinajstić information content (AvgIpc) is 2.37. The molecule has 0 aliphatic heterocycles. The lowest BCUT2D eigenvalue weighted by Crippen LogP contribution is -2.14. The quantitative estimate of drug-likeness (QED) is 0.673. The Hall–Kier alpha value is -1.02. The molecule has 0 aliphatic carbocycles. The van der Waals surface area contributed by atoms with Crippen LogP contribution in [0.15, 0.2) is 24.3 Å². The van der Waals surface area contributed by atoms with E-state index in [2.05, 4.69) is 38.1 Å². The number of hydrogen-bond acceptors (Lipinski definition) is 2. The van der Waals surface area contributed by atoms with Crippen LogP contribution < -0.4 is 10.5 Å².